The molecular weight excluding hydrogens is 370 g/mol. The minimum absolute atomic E-state index is 0.0289. The lowest BCUT2D eigenvalue weighted by Gasteiger charge is -2.41. The third-order valence-electron chi connectivity index (χ3n) is 3.65. The van der Waals surface area contributed by atoms with E-state index < -0.39 is 62.1 Å². The van der Waals surface area contributed by atoms with Gasteiger partial charge in [-0.3, -0.25) is 9.59 Å². The number of hydrogen-bond donors (Lipinski definition) is 4. The summed E-state index contributed by atoms with van der Waals surface area (Å²) in [5, 5.41) is 42.1. The van der Waals surface area contributed by atoms with Gasteiger partial charge in [-0.1, -0.05) is 11.7 Å². The van der Waals surface area contributed by atoms with Crippen molar-refractivity contribution < 1.29 is 49.0 Å². The van der Waals surface area contributed by atoms with Crippen LogP contribution in [0.2, 0.25) is 0 Å². The van der Waals surface area contributed by atoms with Gasteiger partial charge in [-0.05, 0) is 5.53 Å². The van der Waals surface area contributed by atoms with Crippen molar-refractivity contribution in [2.45, 2.75) is 49.8 Å². The van der Waals surface area contributed by atoms with Gasteiger partial charge in [-0.2, -0.15) is 0 Å². The van der Waals surface area contributed by atoms with Crippen molar-refractivity contribution in [3.05, 3.63) is 22.7 Å². The van der Waals surface area contributed by atoms with Crippen LogP contribution in [0.3, 0.4) is 0 Å². The van der Waals surface area contributed by atoms with Gasteiger partial charge in [0.15, 0.2) is 12.4 Å². The zero-order valence-electron chi connectivity index (χ0n) is 14.3. The smallest absolute Gasteiger partial charge is 0.302 e. The van der Waals surface area contributed by atoms with Crippen molar-refractivity contribution in [2.24, 2.45) is 5.11 Å². The van der Waals surface area contributed by atoms with Crippen molar-refractivity contribution in [1.29, 1.82) is 0 Å². The lowest BCUT2D eigenvalue weighted by atomic mass is 9.99. The maximum absolute atomic E-state index is 11.0. The molecule has 1 saturated heterocycles. The van der Waals surface area contributed by atoms with Gasteiger partial charge in [0.2, 0.25) is 0 Å². The first-order valence-electron chi connectivity index (χ1n) is 7.69. The van der Waals surface area contributed by atoms with E-state index in [9.17, 15) is 30.0 Å². The molecule has 7 atom stereocenters. The lowest BCUT2D eigenvalue weighted by Crippen LogP contribution is -2.60. The van der Waals surface area contributed by atoms with Crippen LogP contribution in [0, 0.1) is 0 Å². The number of carbonyl (C=O) groups is 2. The Bertz CT molecular complexity index is 579. The molecule has 0 aromatic rings. The van der Waals surface area contributed by atoms with Crippen molar-refractivity contribution in [3.8, 4) is 0 Å². The average molecular weight is 391 g/mol. The molecule has 0 radical (unpaired) electrons. The third-order valence-corrected chi connectivity index (χ3v) is 3.65. The summed E-state index contributed by atoms with van der Waals surface area (Å²) in [5.41, 5.74) is 8.28. The van der Waals surface area contributed by atoms with Gasteiger partial charge in [-0.15, -0.1) is 0 Å². The van der Waals surface area contributed by atoms with Crippen LogP contribution in [0.4, 0.5) is 0 Å². The second kappa shape index (κ2) is 10.8. The Morgan fingerprint density at radius 1 is 1.37 bits per heavy atom. The van der Waals surface area contributed by atoms with Crippen molar-refractivity contribution in [2.75, 3.05) is 13.2 Å². The summed E-state index contributed by atoms with van der Waals surface area (Å²) >= 11 is 0. The fourth-order valence-electron chi connectivity index (χ4n) is 2.29. The van der Waals surface area contributed by atoms with Crippen LogP contribution >= 0.6 is 0 Å². The highest BCUT2D eigenvalue weighted by molar-refractivity contribution is 5.65. The summed E-state index contributed by atoms with van der Waals surface area (Å²) in [4.78, 5) is 24.3. The summed E-state index contributed by atoms with van der Waals surface area (Å²) in [6, 6.07) is 0. The number of esters is 1. The minimum Gasteiger partial charge on any atom is -0.462 e. The van der Waals surface area contributed by atoms with Crippen LogP contribution in [0.1, 0.15) is 6.92 Å². The standard InChI is InChI=1S/C14H21N3O10/c1-6(16-17-15)13(9(25-5-19)4-24-7(2)20)27-14-12(23)11(22)10(21)8(3-18)26-14/h5,8-14,18,21-23H,1,3-4H2,2H3/t8-,9-,10+,11+,12-,13+,14+/m1/s1. The number of aliphatic hydroxyl groups is 4. The molecule has 0 saturated carbocycles. The fourth-order valence-corrected chi connectivity index (χ4v) is 2.29. The quantitative estimate of drug-likeness (QED) is 0.107. The third kappa shape index (κ3) is 6.15. The van der Waals surface area contributed by atoms with Gasteiger partial charge in [0, 0.05) is 17.5 Å². The highest BCUT2D eigenvalue weighted by Crippen LogP contribution is 2.26. The molecule has 1 fully saturated rings. The fraction of sp³-hybridized carbons (Fsp3) is 0.714. The van der Waals surface area contributed by atoms with Crippen molar-refractivity contribution in [1.82, 2.24) is 0 Å². The number of rotatable bonds is 10. The molecule has 0 unspecified atom stereocenters. The molecule has 1 aliphatic heterocycles. The highest BCUT2D eigenvalue weighted by atomic mass is 16.7. The Balaban J connectivity index is 3.07. The molecule has 0 aromatic carbocycles. The second-order valence-electron chi connectivity index (χ2n) is 5.51. The van der Waals surface area contributed by atoms with Gasteiger partial charge in [0.05, 0.1) is 6.61 Å². The van der Waals surface area contributed by atoms with Gasteiger partial charge < -0.3 is 39.4 Å². The Morgan fingerprint density at radius 2 is 2.04 bits per heavy atom. The molecule has 0 spiro atoms. The van der Waals surface area contributed by atoms with E-state index in [0.717, 1.165) is 6.92 Å². The monoisotopic (exact) mass is 391 g/mol. The molecule has 152 valence electrons. The topological polar surface area (TPSA) is 201 Å². The molecule has 0 amide bonds. The van der Waals surface area contributed by atoms with E-state index in [1.807, 2.05) is 0 Å². The number of carbonyl (C=O) groups excluding carboxylic acids is 2. The second-order valence-corrected chi connectivity index (χ2v) is 5.51. The predicted molar refractivity (Wildman–Crippen MR) is 84.5 cm³/mol. The summed E-state index contributed by atoms with van der Waals surface area (Å²) < 4.78 is 20.1. The van der Waals surface area contributed by atoms with E-state index in [1.54, 1.807) is 0 Å². The summed E-state index contributed by atoms with van der Waals surface area (Å²) in [6.45, 7) is 3.39. The number of ether oxygens (including phenoxy) is 4. The van der Waals surface area contributed by atoms with Crippen molar-refractivity contribution in [3.63, 3.8) is 0 Å². The minimum atomic E-state index is -1.77. The SMILES string of the molecule is C=C(N=[N+]=[N-])[C@H](O[C@@H]1O[C@H](CO)[C@H](O)[C@H](O)[C@H]1O)[C@@H](COC(C)=O)OC=O. The Morgan fingerprint density at radius 3 is 2.56 bits per heavy atom. The maximum atomic E-state index is 11.0. The molecule has 1 aliphatic rings. The first-order chi connectivity index (χ1) is 12.8. The molecular formula is C14H21N3O10. The van der Waals surface area contributed by atoms with E-state index in [4.69, 9.17) is 24.5 Å². The number of azide groups is 1. The van der Waals surface area contributed by atoms with Crippen molar-refractivity contribution >= 4 is 12.4 Å². The van der Waals surface area contributed by atoms with Crippen LogP contribution < -0.4 is 0 Å². The maximum Gasteiger partial charge on any atom is 0.302 e. The normalized spacial score (nSPS) is 29.7. The van der Waals surface area contributed by atoms with Gasteiger partial charge in [-0.25, -0.2) is 0 Å². The Hall–Kier alpha value is -2.25. The van der Waals surface area contributed by atoms with Gasteiger partial charge in [0.25, 0.3) is 6.47 Å². The van der Waals surface area contributed by atoms with E-state index in [1.165, 1.54) is 0 Å². The predicted octanol–water partition coefficient (Wildman–Crippen LogP) is -1.90. The molecule has 1 rings (SSSR count). The van der Waals surface area contributed by atoms with Gasteiger partial charge in [0.1, 0.15) is 37.1 Å². The molecule has 0 aromatic heterocycles. The number of hydrogen-bond acceptors (Lipinski definition) is 11. The molecule has 0 aliphatic carbocycles. The molecule has 1 heterocycles. The molecule has 13 nitrogen and oxygen atoms in total. The average Bonchev–Trinajstić information content (AvgIpc) is 2.63. The van der Waals surface area contributed by atoms with Gasteiger partial charge >= 0.3 is 5.97 Å². The molecule has 27 heavy (non-hydrogen) atoms. The van der Waals surface area contributed by atoms with Crippen LogP contribution in [0.5, 0.6) is 0 Å². The van der Waals surface area contributed by atoms with Crippen LogP contribution in [-0.2, 0) is 28.5 Å². The zero-order valence-corrected chi connectivity index (χ0v) is 14.3. The zero-order chi connectivity index (χ0) is 20.6. The highest BCUT2D eigenvalue weighted by Gasteiger charge is 2.46. The van der Waals surface area contributed by atoms with E-state index >= 15 is 0 Å². The summed E-state index contributed by atoms with van der Waals surface area (Å²) in [7, 11) is 0. The number of aliphatic hydroxyl groups excluding tert-OH is 4. The first kappa shape index (κ1) is 22.8. The van der Waals surface area contributed by atoms with E-state index in [-0.39, 0.29) is 12.2 Å². The van der Waals surface area contributed by atoms with E-state index in [0.29, 0.717) is 0 Å². The van der Waals surface area contributed by atoms with Crippen LogP contribution in [0.15, 0.2) is 17.4 Å². The first-order valence-corrected chi connectivity index (χ1v) is 7.69. The molecule has 4 N–H and O–H groups in total. The van der Waals surface area contributed by atoms with Crippen LogP contribution in [0.25, 0.3) is 10.4 Å². The Kier molecular flexibility index (Phi) is 9.11. The molecule has 13 heteroatoms. The number of nitrogens with zero attached hydrogens (tertiary/aromatic N) is 3. The summed E-state index contributed by atoms with van der Waals surface area (Å²) in [5.74, 6) is -0.699. The van der Waals surface area contributed by atoms with Crippen LogP contribution in [-0.4, -0.2) is 89.0 Å². The lowest BCUT2D eigenvalue weighted by molar-refractivity contribution is -0.314. The van der Waals surface area contributed by atoms with E-state index in [2.05, 4.69) is 16.6 Å². The Labute approximate surface area is 153 Å². The summed E-state index contributed by atoms with van der Waals surface area (Å²) in [6.07, 6.45) is -10.8. The molecule has 0 bridgehead atoms. The largest absolute Gasteiger partial charge is 0.462 e.